The van der Waals surface area contributed by atoms with Crippen LogP contribution in [-0.2, 0) is 10.0 Å². The first-order chi connectivity index (χ1) is 7.42. The second-order valence-electron chi connectivity index (χ2n) is 3.68. The lowest BCUT2D eigenvalue weighted by Crippen LogP contribution is -2.42. The van der Waals surface area contributed by atoms with Crippen molar-refractivity contribution in [3.8, 4) is 0 Å². The molecule has 1 N–H and O–H groups in total. The van der Waals surface area contributed by atoms with Gasteiger partial charge in [-0.3, -0.25) is 5.10 Å². The van der Waals surface area contributed by atoms with E-state index in [1.807, 2.05) is 0 Å². The zero-order valence-corrected chi connectivity index (χ0v) is 9.17. The van der Waals surface area contributed by atoms with E-state index in [2.05, 4.69) is 10.2 Å². The molecule has 1 saturated heterocycles. The standard InChI is InChI=1S/C8H11F2N3O2S/c9-8(10)2-5-13(6-3-8)16(14,15)7-1-4-11-12-7/h1,4H,2-3,5-6H2,(H,11,12). The summed E-state index contributed by atoms with van der Waals surface area (Å²) in [5, 5.41) is 5.80. The molecule has 0 aliphatic carbocycles. The molecule has 1 fully saturated rings. The number of sulfonamides is 1. The largest absolute Gasteiger partial charge is 0.266 e. The summed E-state index contributed by atoms with van der Waals surface area (Å²) in [4.78, 5) is 0. The maximum absolute atomic E-state index is 12.9. The predicted molar refractivity (Wildman–Crippen MR) is 51.5 cm³/mol. The Hall–Kier alpha value is -1.02. The van der Waals surface area contributed by atoms with Gasteiger partial charge in [0, 0.05) is 25.9 Å². The number of halogens is 2. The van der Waals surface area contributed by atoms with Crippen molar-refractivity contribution in [1.29, 1.82) is 0 Å². The number of nitrogens with one attached hydrogen (secondary N) is 1. The van der Waals surface area contributed by atoms with Crippen LogP contribution in [0.2, 0.25) is 0 Å². The Bertz CT molecular complexity index is 448. The average Bonchev–Trinajstić information content (AvgIpc) is 2.70. The van der Waals surface area contributed by atoms with Crippen molar-refractivity contribution >= 4 is 10.0 Å². The summed E-state index contributed by atoms with van der Waals surface area (Å²) in [5.74, 6) is -2.75. The third kappa shape index (κ3) is 2.07. The molecule has 0 radical (unpaired) electrons. The quantitative estimate of drug-likeness (QED) is 0.846. The minimum absolute atomic E-state index is 0.0577. The molecule has 0 amide bonds. The van der Waals surface area contributed by atoms with E-state index in [0.29, 0.717) is 0 Å². The van der Waals surface area contributed by atoms with E-state index in [-0.39, 0.29) is 18.1 Å². The SMILES string of the molecule is O=S(=O)(c1ccn[nH]1)N1CCC(F)(F)CC1. The molecule has 5 nitrogen and oxygen atoms in total. The first-order valence-corrected chi connectivity index (χ1v) is 6.23. The highest BCUT2D eigenvalue weighted by Gasteiger charge is 2.38. The maximum atomic E-state index is 12.9. The van der Waals surface area contributed by atoms with E-state index in [1.165, 1.54) is 12.3 Å². The highest BCUT2D eigenvalue weighted by molar-refractivity contribution is 7.89. The first-order valence-electron chi connectivity index (χ1n) is 4.79. The molecule has 1 aliphatic rings. The summed E-state index contributed by atoms with van der Waals surface area (Å²) in [6.07, 6.45) is 0.451. The molecule has 0 aromatic carbocycles. The van der Waals surface area contributed by atoms with Crippen LogP contribution in [-0.4, -0.2) is 41.9 Å². The average molecular weight is 251 g/mol. The topological polar surface area (TPSA) is 66.1 Å². The number of alkyl halides is 2. The fourth-order valence-corrected chi connectivity index (χ4v) is 2.92. The van der Waals surface area contributed by atoms with Crippen molar-refractivity contribution in [2.24, 2.45) is 0 Å². The number of aromatic amines is 1. The molecule has 2 rings (SSSR count). The van der Waals surface area contributed by atoms with Crippen LogP contribution in [0.5, 0.6) is 0 Å². The van der Waals surface area contributed by atoms with Gasteiger partial charge in [-0.25, -0.2) is 17.2 Å². The predicted octanol–water partition coefficient (Wildman–Crippen LogP) is 0.830. The highest BCUT2D eigenvalue weighted by Crippen LogP contribution is 2.30. The molecule has 1 aromatic rings. The van der Waals surface area contributed by atoms with Crippen molar-refractivity contribution in [1.82, 2.24) is 14.5 Å². The van der Waals surface area contributed by atoms with E-state index in [0.717, 1.165) is 4.31 Å². The fourth-order valence-electron chi connectivity index (χ4n) is 1.58. The van der Waals surface area contributed by atoms with Crippen LogP contribution in [0.3, 0.4) is 0 Å². The molecule has 90 valence electrons. The summed E-state index contributed by atoms with van der Waals surface area (Å²) >= 11 is 0. The van der Waals surface area contributed by atoms with Crippen LogP contribution in [0.4, 0.5) is 8.78 Å². The number of H-pyrrole nitrogens is 1. The minimum Gasteiger partial charge on any atom is -0.266 e. The Kier molecular flexibility index (Phi) is 2.70. The highest BCUT2D eigenvalue weighted by atomic mass is 32.2. The molecule has 0 spiro atoms. The Morgan fingerprint density at radius 3 is 2.50 bits per heavy atom. The van der Waals surface area contributed by atoms with Crippen molar-refractivity contribution < 1.29 is 17.2 Å². The fraction of sp³-hybridized carbons (Fsp3) is 0.625. The van der Waals surface area contributed by atoms with Crippen molar-refractivity contribution in [2.45, 2.75) is 23.8 Å². The van der Waals surface area contributed by atoms with Gasteiger partial charge in [0.1, 0.15) is 0 Å². The lowest BCUT2D eigenvalue weighted by atomic mass is 10.1. The molecule has 8 heteroatoms. The third-order valence-electron chi connectivity index (χ3n) is 2.55. The number of piperidine rings is 1. The molecule has 1 aliphatic heterocycles. The van der Waals surface area contributed by atoms with E-state index < -0.39 is 28.8 Å². The van der Waals surface area contributed by atoms with Crippen molar-refractivity contribution in [3.05, 3.63) is 12.3 Å². The second kappa shape index (κ2) is 3.77. The van der Waals surface area contributed by atoms with Crippen LogP contribution in [0.1, 0.15) is 12.8 Å². The van der Waals surface area contributed by atoms with Crippen LogP contribution >= 0.6 is 0 Å². The van der Waals surface area contributed by atoms with Gasteiger partial charge in [0.15, 0.2) is 5.03 Å². The first kappa shape index (κ1) is 11.5. The molecular formula is C8H11F2N3O2S. The molecule has 0 unspecified atom stereocenters. The lowest BCUT2D eigenvalue weighted by molar-refractivity contribution is -0.0412. The molecule has 0 bridgehead atoms. The van der Waals surface area contributed by atoms with Gasteiger partial charge in [-0.1, -0.05) is 0 Å². The van der Waals surface area contributed by atoms with Crippen molar-refractivity contribution in [2.75, 3.05) is 13.1 Å². The smallest absolute Gasteiger partial charge is 0.259 e. The van der Waals surface area contributed by atoms with Gasteiger partial charge in [-0.2, -0.15) is 9.40 Å². The van der Waals surface area contributed by atoms with E-state index in [1.54, 1.807) is 0 Å². The molecule has 2 heterocycles. The Morgan fingerprint density at radius 1 is 1.38 bits per heavy atom. The summed E-state index contributed by atoms with van der Waals surface area (Å²) < 4.78 is 50.5. The van der Waals surface area contributed by atoms with Gasteiger partial charge in [0.05, 0.1) is 6.20 Å². The second-order valence-corrected chi connectivity index (χ2v) is 5.59. The van der Waals surface area contributed by atoms with Crippen LogP contribution < -0.4 is 0 Å². The van der Waals surface area contributed by atoms with Crippen LogP contribution in [0, 0.1) is 0 Å². The van der Waals surface area contributed by atoms with Gasteiger partial charge >= 0.3 is 0 Å². The Morgan fingerprint density at radius 2 is 2.00 bits per heavy atom. The van der Waals surface area contributed by atoms with E-state index in [9.17, 15) is 17.2 Å². The lowest BCUT2D eigenvalue weighted by Gasteiger charge is -2.30. The number of nitrogens with zero attached hydrogens (tertiary/aromatic N) is 2. The molecular weight excluding hydrogens is 240 g/mol. The normalized spacial score (nSPS) is 22.1. The summed E-state index contributed by atoms with van der Waals surface area (Å²) in [6, 6.07) is 1.31. The monoisotopic (exact) mass is 251 g/mol. The molecule has 0 atom stereocenters. The minimum atomic E-state index is -3.69. The summed E-state index contributed by atoms with van der Waals surface area (Å²) in [5.41, 5.74) is 0. The van der Waals surface area contributed by atoms with Gasteiger partial charge < -0.3 is 0 Å². The van der Waals surface area contributed by atoms with E-state index >= 15 is 0 Å². The van der Waals surface area contributed by atoms with Crippen molar-refractivity contribution in [3.63, 3.8) is 0 Å². The zero-order valence-electron chi connectivity index (χ0n) is 8.36. The number of hydrogen-bond acceptors (Lipinski definition) is 3. The Balaban J connectivity index is 2.16. The number of hydrogen-bond donors (Lipinski definition) is 1. The third-order valence-corrected chi connectivity index (χ3v) is 4.38. The van der Waals surface area contributed by atoms with Gasteiger partial charge in [-0.05, 0) is 6.07 Å². The number of aromatic nitrogens is 2. The summed E-state index contributed by atoms with van der Waals surface area (Å²) in [6.45, 7) is -0.317. The molecule has 0 saturated carbocycles. The van der Waals surface area contributed by atoms with Crippen LogP contribution in [0.25, 0.3) is 0 Å². The van der Waals surface area contributed by atoms with Gasteiger partial charge in [0.2, 0.25) is 0 Å². The molecule has 1 aromatic heterocycles. The molecule has 16 heavy (non-hydrogen) atoms. The number of rotatable bonds is 2. The Labute approximate surface area is 91.5 Å². The van der Waals surface area contributed by atoms with Gasteiger partial charge in [0.25, 0.3) is 15.9 Å². The van der Waals surface area contributed by atoms with Crippen LogP contribution in [0.15, 0.2) is 17.3 Å². The maximum Gasteiger partial charge on any atom is 0.259 e. The van der Waals surface area contributed by atoms with E-state index in [4.69, 9.17) is 0 Å². The summed E-state index contributed by atoms with van der Waals surface area (Å²) in [7, 11) is -3.69. The zero-order chi connectivity index (χ0) is 11.8. The van der Waals surface area contributed by atoms with Gasteiger partial charge in [-0.15, -0.1) is 0 Å².